The zero-order valence-corrected chi connectivity index (χ0v) is 9.43. The van der Waals surface area contributed by atoms with E-state index in [4.69, 9.17) is 10.5 Å². The molecule has 0 radical (unpaired) electrons. The van der Waals surface area contributed by atoms with Crippen molar-refractivity contribution in [3.8, 4) is 0 Å². The molecule has 14 heavy (non-hydrogen) atoms. The summed E-state index contributed by atoms with van der Waals surface area (Å²) in [4.78, 5) is 4.60. The van der Waals surface area contributed by atoms with Crippen LogP contribution in [0.2, 0.25) is 0 Å². The first-order chi connectivity index (χ1) is 6.69. The molecule has 0 spiro atoms. The summed E-state index contributed by atoms with van der Waals surface area (Å²) >= 11 is 1.73. The number of ether oxygens (including phenoxy) is 1. The molecule has 3 nitrogen and oxygen atoms in total. The average molecular weight is 212 g/mol. The van der Waals surface area contributed by atoms with E-state index < -0.39 is 5.60 Å². The van der Waals surface area contributed by atoms with Crippen LogP contribution in [0.25, 0.3) is 0 Å². The number of hydrogen-bond donors (Lipinski definition) is 1. The van der Waals surface area contributed by atoms with E-state index in [-0.39, 0.29) is 0 Å². The second-order valence-corrected chi connectivity index (χ2v) is 4.87. The van der Waals surface area contributed by atoms with Gasteiger partial charge in [0.25, 0.3) is 0 Å². The van der Waals surface area contributed by atoms with E-state index in [0.29, 0.717) is 12.5 Å². The van der Waals surface area contributed by atoms with Gasteiger partial charge in [-0.05, 0) is 19.8 Å². The minimum Gasteiger partial charge on any atom is -0.371 e. The summed E-state index contributed by atoms with van der Waals surface area (Å²) in [5.41, 5.74) is 6.26. The Morgan fingerprint density at radius 1 is 1.71 bits per heavy atom. The molecule has 4 heteroatoms. The third kappa shape index (κ3) is 1.69. The van der Waals surface area contributed by atoms with Gasteiger partial charge in [0.15, 0.2) is 0 Å². The van der Waals surface area contributed by atoms with Crippen molar-refractivity contribution in [2.24, 2.45) is 5.73 Å². The second kappa shape index (κ2) is 3.61. The van der Waals surface area contributed by atoms with Gasteiger partial charge in [-0.3, -0.25) is 0 Å². The van der Waals surface area contributed by atoms with Gasteiger partial charge in [0.2, 0.25) is 0 Å². The standard InChI is InChI=1S/C10H16N2OS/c1-10(6-11,13-2)8-5-14-9(12-8)7-3-4-7/h5,7H,3-4,6,11H2,1-2H3. The predicted octanol–water partition coefficient (Wildman–Crippen LogP) is 1.84. The van der Waals surface area contributed by atoms with Crippen LogP contribution in [0.5, 0.6) is 0 Å². The van der Waals surface area contributed by atoms with Crippen molar-refractivity contribution in [3.05, 3.63) is 16.1 Å². The summed E-state index contributed by atoms with van der Waals surface area (Å²) in [7, 11) is 1.68. The minimum atomic E-state index is -0.413. The van der Waals surface area contributed by atoms with E-state index in [1.165, 1.54) is 17.8 Å². The molecule has 2 rings (SSSR count). The molecule has 1 aromatic heterocycles. The topological polar surface area (TPSA) is 48.1 Å². The van der Waals surface area contributed by atoms with Gasteiger partial charge in [0, 0.05) is 25.0 Å². The molecule has 1 saturated carbocycles. The SMILES string of the molecule is COC(C)(CN)c1csc(C2CC2)n1. The maximum atomic E-state index is 5.69. The Hall–Kier alpha value is -0.450. The number of nitrogens with two attached hydrogens (primary N) is 1. The third-order valence-electron chi connectivity index (χ3n) is 2.83. The zero-order chi connectivity index (χ0) is 10.2. The highest BCUT2D eigenvalue weighted by molar-refractivity contribution is 7.09. The van der Waals surface area contributed by atoms with Crippen molar-refractivity contribution < 1.29 is 4.74 Å². The number of hydrogen-bond acceptors (Lipinski definition) is 4. The Labute approximate surface area is 88.3 Å². The molecule has 1 atom stereocenters. The van der Waals surface area contributed by atoms with Crippen LogP contribution in [-0.4, -0.2) is 18.6 Å². The summed E-state index contributed by atoms with van der Waals surface area (Å²) in [6.07, 6.45) is 2.58. The van der Waals surface area contributed by atoms with Gasteiger partial charge in [0.05, 0.1) is 10.7 Å². The fraction of sp³-hybridized carbons (Fsp3) is 0.700. The normalized spacial score (nSPS) is 20.8. The molecule has 1 heterocycles. The molecule has 1 fully saturated rings. The van der Waals surface area contributed by atoms with Crippen LogP contribution in [0.3, 0.4) is 0 Å². The van der Waals surface area contributed by atoms with Gasteiger partial charge in [-0.1, -0.05) is 0 Å². The van der Waals surface area contributed by atoms with Crippen LogP contribution in [-0.2, 0) is 10.3 Å². The van der Waals surface area contributed by atoms with Gasteiger partial charge in [-0.15, -0.1) is 11.3 Å². The molecule has 1 unspecified atom stereocenters. The average Bonchev–Trinajstić information content (AvgIpc) is 2.95. The maximum Gasteiger partial charge on any atom is 0.120 e. The smallest absolute Gasteiger partial charge is 0.120 e. The molecule has 1 aromatic rings. The molecule has 0 aromatic carbocycles. The predicted molar refractivity (Wildman–Crippen MR) is 57.5 cm³/mol. The zero-order valence-electron chi connectivity index (χ0n) is 8.62. The molecule has 1 aliphatic rings. The largest absolute Gasteiger partial charge is 0.371 e. The summed E-state index contributed by atoms with van der Waals surface area (Å²) in [5.74, 6) is 0.715. The molecule has 0 bridgehead atoms. The third-order valence-corrected chi connectivity index (χ3v) is 3.84. The van der Waals surface area contributed by atoms with E-state index >= 15 is 0 Å². The van der Waals surface area contributed by atoms with E-state index in [0.717, 1.165) is 5.69 Å². The van der Waals surface area contributed by atoms with Crippen molar-refractivity contribution >= 4 is 11.3 Å². The van der Waals surface area contributed by atoms with E-state index in [9.17, 15) is 0 Å². The highest BCUT2D eigenvalue weighted by Crippen LogP contribution is 2.42. The van der Waals surface area contributed by atoms with Crippen LogP contribution in [0.1, 0.15) is 36.4 Å². The fourth-order valence-electron chi connectivity index (χ4n) is 1.34. The molecule has 2 N–H and O–H groups in total. The summed E-state index contributed by atoms with van der Waals surface area (Å²) < 4.78 is 5.41. The first-order valence-electron chi connectivity index (χ1n) is 4.91. The Kier molecular flexibility index (Phi) is 2.60. The highest BCUT2D eigenvalue weighted by Gasteiger charge is 2.31. The van der Waals surface area contributed by atoms with Gasteiger partial charge in [-0.25, -0.2) is 4.98 Å². The number of rotatable bonds is 4. The van der Waals surface area contributed by atoms with Gasteiger partial charge in [0.1, 0.15) is 5.60 Å². The first kappa shape index (κ1) is 10.1. The Morgan fingerprint density at radius 3 is 2.93 bits per heavy atom. The lowest BCUT2D eigenvalue weighted by molar-refractivity contribution is 0.00681. The minimum absolute atomic E-state index is 0.413. The van der Waals surface area contributed by atoms with Crippen molar-refractivity contribution in [2.45, 2.75) is 31.3 Å². The number of thiazole rings is 1. The van der Waals surface area contributed by atoms with Crippen LogP contribution < -0.4 is 5.73 Å². The lowest BCUT2D eigenvalue weighted by Crippen LogP contribution is -2.34. The lowest BCUT2D eigenvalue weighted by atomic mass is 10.0. The Morgan fingerprint density at radius 2 is 2.43 bits per heavy atom. The first-order valence-corrected chi connectivity index (χ1v) is 5.78. The van der Waals surface area contributed by atoms with Crippen molar-refractivity contribution in [1.82, 2.24) is 4.98 Å². The molecular formula is C10H16N2OS. The van der Waals surface area contributed by atoms with Crippen LogP contribution in [0, 0.1) is 0 Å². The quantitative estimate of drug-likeness (QED) is 0.828. The van der Waals surface area contributed by atoms with Gasteiger partial charge < -0.3 is 10.5 Å². The summed E-state index contributed by atoms with van der Waals surface area (Å²) in [6, 6.07) is 0. The molecule has 0 amide bonds. The molecule has 0 saturated heterocycles. The molecule has 0 aliphatic heterocycles. The van der Waals surface area contributed by atoms with Crippen LogP contribution >= 0.6 is 11.3 Å². The van der Waals surface area contributed by atoms with Gasteiger partial charge in [-0.2, -0.15) is 0 Å². The Balaban J connectivity index is 2.21. The summed E-state index contributed by atoms with van der Waals surface area (Å²) in [5, 5.41) is 3.32. The highest BCUT2D eigenvalue weighted by atomic mass is 32.1. The van der Waals surface area contributed by atoms with Gasteiger partial charge >= 0.3 is 0 Å². The Bertz CT molecular complexity index is 316. The molecule has 1 aliphatic carbocycles. The number of methoxy groups -OCH3 is 1. The molecular weight excluding hydrogens is 196 g/mol. The maximum absolute atomic E-state index is 5.69. The fourth-order valence-corrected chi connectivity index (χ4v) is 2.45. The van der Waals surface area contributed by atoms with Crippen molar-refractivity contribution in [2.75, 3.05) is 13.7 Å². The number of nitrogens with zero attached hydrogens (tertiary/aromatic N) is 1. The number of aromatic nitrogens is 1. The second-order valence-electron chi connectivity index (χ2n) is 3.98. The van der Waals surface area contributed by atoms with E-state index in [1.807, 2.05) is 6.92 Å². The summed E-state index contributed by atoms with van der Waals surface area (Å²) in [6.45, 7) is 2.45. The van der Waals surface area contributed by atoms with E-state index in [2.05, 4.69) is 10.4 Å². The van der Waals surface area contributed by atoms with Crippen molar-refractivity contribution in [1.29, 1.82) is 0 Å². The van der Waals surface area contributed by atoms with Crippen LogP contribution in [0.15, 0.2) is 5.38 Å². The van der Waals surface area contributed by atoms with Crippen LogP contribution in [0.4, 0.5) is 0 Å². The van der Waals surface area contributed by atoms with E-state index in [1.54, 1.807) is 18.4 Å². The molecule has 78 valence electrons. The monoisotopic (exact) mass is 212 g/mol. The lowest BCUT2D eigenvalue weighted by Gasteiger charge is -2.23. The van der Waals surface area contributed by atoms with Crippen molar-refractivity contribution in [3.63, 3.8) is 0 Å².